The van der Waals surface area contributed by atoms with Gasteiger partial charge in [-0.1, -0.05) is 13.8 Å². The first kappa shape index (κ1) is 61.2. The molecule has 17 N–H and O–H groups in total. The van der Waals surface area contributed by atoms with Gasteiger partial charge in [-0.15, -0.1) is 0 Å². The van der Waals surface area contributed by atoms with Crippen molar-refractivity contribution in [3.05, 3.63) is 18.2 Å². The molecule has 2 aliphatic rings. The van der Waals surface area contributed by atoms with Crippen LogP contribution in [0.2, 0.25) is 0 Å². The minimum atomic E-state index is -2.32. The molecule has 29 heteroatoms. The monoisotopic (exact) mass is 1050 g/mol. The first-order chi connectivity index (χ1) is 35.0. The van der Waals surface area contributed by atoms with Crippen LogP contribution in [0.15, 0.2) is 12.5 Å². The maximum atomic E-state index is 14.2. The van der Waals surface area contributed by atoms with Gasteiger partial charge in [0.25, 0.3) is 0 Å². The smallest absolute Gasteiger partial charge is 0.326 e. The Bertz CT molecular complexity index is 2150. The van der Waals surface area contributed by atoms with E-state index < -0.39 is 158 Å². The summed E-state index contributed by atoms with van der Waals surface area (Å²) in [4.78, 5) is 163. The van der Waals surface area contributed by atoms with Crippen molar-refractivity contribution in [2.75, 3.05) is 39.3 Å². The van der Waals surface area contributed by atoms with Gasteiger partial charge in [-0.25, -0.2) is 9.78 Å². The molecule has 0 unspecified atom stereocenters. The third-order valence-corrected chi connectivity index (χ3v) is 12.1. The summed E-state index contributed by atoms with van der Waals surface area (Å²) in [7, 11) is 0. The molecule has 0 saturated carbocycles. The quantitative estimate of drug-likeness (QED) is 0.0230. The molecule has 29 nitrogen and oxygen atoms in total. The van der Waals surface area contributed by atoms with Gasteiger partial charge in [0.05, 0.1) is 44.0 Å². The van der Waals surface area contributed by atoms with E-state index in [0.717, 1.165) is 0 Å². The topological polar surface area (TPSA) is 458 Å². The van der Waals surface area contributed by atoms with Crippen molar-refractivity contribution in [3.63, 3.8) is 0 Å². The number of aliphatic hydroxyl groups excluding tert-OH is 1. The highest BCUT2D eigenvalue weighted by atomic mass is 16.4. The van der Waals surface area contributed by atoms with Gasteiger partial charge in [-0.3, -0.25) is 47.9 Å². The number of unbranched alkanes of at least 4 members (excludes halogenated alkanes) is 1. The number of aliphatic hydroxyl groups is 1. The zero-order valence-electron chi connectivity index (χ0n) is 41.7. The Labute approximate surface area is 426 Å². The molecule has 0 radical (unpaired) electrons. The molecule has 0 aromatic carbocycles. The molecule has 412 valence electrons. The first-order valence-corrected chi connectivity index (χ1v) is 24.4. The number of hydrogen-bond acceptors (Lipinski definition) is 17. The number of primary amides is 1. The van der Waals surface area contributed by atoms with Crippen molar-refractivity contribution in [2.45, 2.75) is 145 Å². The highest BCUT2D eigenvalue weighted by Crippen LogP contribution is 2.19. The van der Waals surface area contributed by atoms with Gasteiger partial charge in [0, 0.05) is 44.4 Å². The Morgan fingerprint density at radius 1 is 0.865 bits per heavy atom. The number of β-amino-alcohol motifs (C(OH)–C–C–N with tert-alkyl or cyclic N) is 1. The number of H-pyrrole nitrogens is 1. The van der Waals surface area contributed by atoms with Crippen LogP contribution in [0.25, 0.3) is 0 Å². The lowest BCUT2D eigenvalue weighted by Crippen LogP contribution is -2.64. The van der Waals surface area contributed by atoms with Crippen LogP contribution in [0, 0.1) is 5.92 Å². The van der Waals surface area contributed by atoms with Crippen molar-refractivity contribution in [1.29, 1.82) is 0 Å². The number of imidazole rings is 1. The Hall–Kier alpha value is -7.11. The maximum absolute atomic E-state index is 14.2. The third kappa shape index (κ3) is 20.4. The lowest BCUT2D eigenvalue weighted by molar-refractivity contribution is -0.144. The first-order valence-electron chi connectivity index (χ1n) is 24.4. The Balaban J connectivity index is 1.72. The van der Waals surface area contributed by atoms with E-state index in [1.165, 1.54) is 24.3 Å². The number of likely N-dealkylation sites (tertiary alicyclic amines) is 1. The number of aliphatic carboxylic acids is 2. The number of carboxylic acids is 2. The van der Waals surface area contributed by atoms with Gasteiger partial charge < -0.3 is 89.3 Å². The number of hydrogen-bond donors (Lipinski definition) is 15. The fourth-order valence-electron chi connectivity index (χ4n) is 8.18. The molecule has 9 amide bonds. The highest BCUT2D eigenvalue weighted by Gasteiger charge is 2.40. The second kappa shape index (κ2) is 30.2. The van der Waals surface area contributed by atoms with Crippen molar-refractivity contribution in [3.8, 4) is 0 Å². The van der Waals surface area contributed by atoms with E-state index in [-0.39, 0.29) is 57.4 Å². The standard InChI is InChI=1S/C45H72N14O15/c1-24(2)13-32(41(70)54-25(3)38(67)51-20-36(64)59-12-6-8-33(59)43(72)56-29(44(73)74)7-4-5-11-46)57-40(69)30(14-26-17-48-23-53-26)52-21-45(22-60,16-37(65)66)58-42(71)28(9-10-34(47)62)55-35(63)19-50-39(68)31-15-27(61)18-49-31/h17,22-25,27-33,49,52,61H,4-16,18-21,46H2,1-3H3,(H2,47,62)(H,48,53)(H,50,68)(H,51,67)(H,54,70)(H,55,63)(H,56,72)(H,57,69)(H,58,71)(H,65,66)(H,73,74)/t25-,27+,28-,29-,30-,31-,32-,33-,45+/m0/s1. The van der Waals surface area contributed by atoms with Gasteiger partial charge in [0.1, 0.15) is 42.0 Å². The number of carbonyl (C=O) groups is 12. The SMILES string of the molecule is CC(C)C[C@H](NC(=O)[C@H](Cc1cnc[nH]1)NC[C@@](C=O)(CC(=O)O)NC(=O)[C@H](CCC(N)=O)NC(=O)CNC(=O)[C@@H]1C[C@@H](O)CN1)C(=O)N[C@@H](C)C(=O)NCC(=O)N1CCC[C@H]1C(=O)N[C@@H](CCCCN)C(=O)O. The van der Waals surface area contributed by atoms with Crippen LogP contribution in [0.3, 0.4) is 0 Å². The minimum absolute atomic E-state index is 0.0331. The summed E-state index contributed by atoms with van der Waals surface area (Å²) in [5.41, 5.74) is 8.84. The van der Waals surface area contributed by atoms with Crippen LogP contribution in [-0.4, -0.2) is 195 Å². The number of aldehydes is 1. The minimum Gasteiger partial charge on any atom is -0.481 e. The van der Waals surface area contributed by atoms with Crippen LogP contribution < -0.4 is 59.3 Å². The zero-order chi connectivity index (χ0) is 55.1. The van der Waals surface area contributed by atoms with Gasteiger partial charge in [0.2, 0.25) is 53.2 Å². The number of carboxylic acid groups (broad SMARTS) is 2. The molecule has 2 aliphatic heterocycles. The Morgan fingerprint density at radius 3 is 2.18 bits per heavy atom. The van der Waals surface area contributed by atoms with E-state index in [1.807, 2.05) is 0 Å². The number of rotatable bonds is 33. The Kier molecular flexibility index (Phi) is 25.0. The van der Waals surface area contributed by atoms with E-state index in [4.69, 9.17) is 11.5 Å². The number of nitrogens with one attached hydrogen (secondary N) is 10. The van der Waals surface area contributed by atoms with Crippen molar-refractivity contribution >= 4 is 71.4 Å². The summed E-state index contributed by atoms with van der Waals surface area (Å²) in [6.45, 7) is 3.60. The van der Waals surface area contributed by atoms with Crippen LogP contribution in [0.1, 0.15) is 90.7 Å². The van der Waals surface area contributed by atoms with E-state index in [2.05, 4.69) is 57.8 Å². The molecule has 0 spiro atoms. The largest absolute Gasteiger partial charge is 0.481 e. The molecule has 2 saturated heterocycles. The summed E-state index contributed by atoms with van der Waals surface area (Å²) in [5.74, 6) is -10.3. The predicted octanol–water partition coefficient (Wildman–Crippen LogP) is -6.13. The van der Waals surface area contributed by atoms with Crippen molar-refractivity contribution < 1.29 is 72.9 Å². The molecular weight excluding hydrogens is 977 g/mol. The molecule has 0 aliphatic carbocycles. The number of aromatic nitrogens is 2. The lowest BCUT2D eigenvalue weighted by atomic mass is 9.94. The van der Waals surface area contributed by atoms with Crippen LogP contribution in [0.5, 0.6) is 0 Å². The molecule has 0 bridgehead atoms. The number of aromatic amines is 1. The van der Waals surface area contributed by atoms with Crippen LogP contribution in [-0.2, 0) is 64.0 Å². The third-order valence-electron chi connectivity index (χ3n) is 12.1. The van der Waals surface area contributed by atoms with Crippen molar-refractivity contribution in [1.82, 2.24) is 62.7 Å². The summed E-state index contributed by atoms with van der Waals surface area (Å²) in [6.07, 6.45) is 1.94. The van der Waals surface area contributed by atoms with Crippen LogP contribution >= 0.6 is 0 Å². The molecule has 3 heterocycles. The van der Waals surface area contributed by atoms with E-state index in [9.17, 15) is 72.9 Å². The van der Waals surface area contributed by atoms with Crippen LogP contribution in [0.4, 0.5) is 0 Å². The average molecular weight is 1050 g/mol. The molecule has 1 aromatic rings. The predicted molar refractivity (Wildman–Crippen MR) is 258 cm³/mol. The number of amides is 9. The number of nitrogens with two attached hydrogens (primary N) is 2. The van der Waals surface area contributed by atoms with Gasteiger partial charge in [-0.2, -0.15) is 0 Å². The summed E-state index contributed by atoms with van der Waals surface area (Å²) < 4.78 is 0. The second-order valence-corrected chi connectivity index (χ2v) is 18.8. The van der Waals surface area contributed by atoms with E-state index in [1.54, 1.807) is 13.8 Å². The second-order valence-electron chi connectivity index (χ2n) is 18.8. The molecule has 3 rings (SSSR count). The Morgan fingerprint density at radius 2 is 1.58 bits per heavy atom. The number of carbonyl (C=O) groups excluding carboxylic acids is 10. The molecule has 9 atom stereocenters. The highest BCUT2D eigenvalue weighted by molar-refractivity contribution is 5.96. The fourth-order valence-corrected chi connectivity index (χ4v) is 8.18. The molecule has 74 heavy (non-hydrogen) atoms. The van der Waals surface area contributed by atoms with E-state index >= 15 is 0 Å². The van der Waals surface area contributed by atoms with E-state index in [0.29, 0.717) is 31.5 Å². The number of nitrogens with zero attached hydrogens (tertiary/aromatic N) is 2. The summed E-state index contributed by atoms with van der Waals surface area (Å²) in [5, 5.41) is 51.9. The molecule has 2 fully saturated rings. The molecule has 1 aromatic heterocycles. The average Bonchev–Trinajstić information content (AvgIpc) is 4.15. The lowest BCUT2D eigenvalue weighted by Gasteiger charge is -2.32. The summed E-state index contributed by atoms with van der Waals surface area (Å²) in [6, 6.07) is -8.47. The normalized spacial score (nSPS) is 19.1. The molecular formula is C45H72N14O15. The fraction of sp³-hybridized carbons (Fsp3) is 0.667. The maximum Gasteiger partial charge on any atom is 0.326 e. The summed E-state index contributed by atoms with van der Waals surface area (Å²) >= 11 is 0. The van der Waals surface area contributed by atoms with Crippen molar-refractivity contribution in [2.24, 2.45) is 17.4 Å². The zero-order valence-corrected chi connectivity index (χ0v) is 41.7. The van der Waals surface area contributed by atoms with Gasteiger partial charge in [0.15, 0.2) is 0 Å². The van der Waals surface area contributed by atoms with Gasteiger partial charge in [-0.05, 0) is 70.8 Å². The van der Waals surface area contributed by atoms with Gasteiger partial charge >= 0.3 is 11.9 Å².